The molecule has 1 aliphatic heterocycles. The van der Waals surface area contributed by atoms with Crippen LogP contribution >= 0.6 is 0 Å². The largest absolute Gasteiger partial charge is 0.481 e. The smallest absolute Gasteiger partial charge is 0.303 e. The predicted molar refractivity (Wildman–Crippen MR) is 116 cm³/mol. The Bertz CT molecular complexity index is 744. The lowest BCUT2D eigenvalue weighted by Gasteiger charge is -2.32. The second-order valence-electron chi connectivity index (χ2n) is 8.28. The summed E-state index contributed by atoms with van der Waals surface area (Å²) in [5.41, 5.74) is 5.77. The lowest BCUT2D eigenvalue weighted by molar-refractivity contribution is -0.143. The van der Waals surface area contributed by atoms with Gasteiger partial charge in [-0.25, -0.2) is 0 Å². The van der Waals surface area contributed by atoms with Crippen molar-refractivity contribution in [3.05, 3.63) is 0 Å². The van der Waals surface area contributed by atoms with Gasteiger partial charge in [-0.3, -0.25) is 24.0 Å². The van der Waals surface area contributed by atoms with E-state index in [1.54, 1.807) is 6.92 Å². The minimum atomic E-state index is -1.10. The molecule has 0 aromatic rings. The number of aliphatic carboxylic acids is 2. The SMILES string of the molecule is CC[C@H](C)[C@H](NC(=O)[C@@H](N)CCC(=O)O)C(=O)N1CCC[C@H]1C(=O)N[C@H](C=O)CCC(=O)O. The van der Waals surface area contributed by atoms with Crippen LogP contribution in [0.3, 0.4) is 0 Å². The topological polar surface area (TPSA) is 196 Å². The van der Waals surface area contributed by atoms with Crippen LogP contribution < -0.4 is 16.4 Å². The van der Waals surface area contributed by atoms with Crippen LogP contribution in [-0.2, 0) is 28.8 Å². The maximum atomic E-state index is 13.3. The third-order valence-electron chi connectivity index (χ3n) is 5.78. The normalized spacial score (nSPS) is 19.1. The number of hydrogen-bond acceptors (Lipinski definition) is 7. The first-order chi connectivity index (χ1) is 15.5. The zero-order valence-electron chi connectivity index (χ0n) is 19.0. The van der Waals surface area contributed by atoms with Crippen LogP contribution in [0.25, 0.3) is 0 Å². The Labute approximate surface area is 192 Å². The van der Waals surface area contributed by atoms with Gasteiger partial charge >= 0.3 is 11.9 Å². The molecule has 1 fully saturated rings. The summed E-state index contributed by atoms with van der Waals surface area (Å²) < 4.78 is 0. The number of nitrogens with two attached hydrogens (primary N) is 1. The van der Waals surface area contributed by atoms with Gasteiger partial charge in [-0.2, -0.15) is 0 Å². The minimum absolute atomic E-state index is 0.0645. The van der Waals surface area contributed by atoms with Gasteiger partial charge in [0.1, 0.15) is 18.4 Å². The Balaban J connectivity index is 2.90. The number of nitrogens with one attached hydrogen (secondary N) is 2. The molecule has 1 aliphatic rings. The molecule has 186 valence electrons. The molecule has 1 heterocycles. The van der Waals surface area contributed by atoms with E-state index in [4.69, 9.17) is 15.9 Å². The molecule has 0 radical (unpaired) electrons. The maximum Gasteiger partial charge on any atom is 0.303 e. The number of carboxylic acid groups (broad SMARTS) is 2. The van der Waals surface area contributed by atoms with Crippen LogP contribution in [0.15, 0.2) is 0 Å². The van der Waals surface area contributed by atoms with Gasteiger partial charge in [-0.15, -0.1) is 0 Å². The summed E-state index contributed by atoms with van der Waals surface area (Å²) in [6.45, 7) is 3.89. The van der Waals surface area contributed by atoms with E-state index in [-0.39, 0.29) is 38.1 Å². The van der Waals surface area contributed by atoms with E-state index in [1.807, 2.05) is 6.92 Å². The van der Waals surface area contributed by atoms with E-state index in [9.17, 15) is 28.8 Å². The third kappa shape index (κ3) is 8.79. The van der Waals surface area contributed by atoms with E-state index < -0.39 is 53.8 Å². The Hall–Kier alpha value is -3.02. The third-order valence-corrected chi connectivity index (χ3v) is 5.78. The fraction of sp³-hybridized carbons (Fsp3) is 0.714. The van der Waals surface area contributed by atoms with Crippen LogP contribution in [0.4, 0.5) is 0 Å². The molecule has 3 amide bonds. The molecule has 6 N–H and O–H groups in total. The number of rotatable bonds is 14. The summed E-state index contributed by atoms with van der Waals surface area (Å²) in [5, 5.41) is 22.6. The number of aldehydes is 1. The molecule has 1 rings (SSSR count). The Morgan fingerprint density at radius 1 is 1.09 bits per heavy atom. The van der Waals surface area contributed by atoms with Crippen LogP contribution in [0.2, 0.25) is 0 Å². The zero-order chi connectivity index (χ0) is 25.1. The standard InChI is InChI=1S/C21H34N4O8/c1-3-12(2)18(24-19(31)14(22)7-9-17(29)30)21(33)25-10-4-5-15(25)20(32)23-13(11-26)6-8-16(27)28/h11-15,18H,3-10,22H2,1-2H3,(H,23,32)(H,24,31)(H,27,28)(H,29,30)/t12-,13-,14-,15-,18-/m0/s1. The first kappa shape index (κ1) is 28.0. The Morgan fingerprint density at radius 2 is 1.70 bits per heavy atom. The predicted octanol–water partition coefficient (Wildman–Crippen LogP) is -0.751. The van der Waals surface area contributed by atoms with Crippen molar-refractivity contribution in [1.82, 2.24) is 15.5 Å². The molecular formula is C21H34N4O8. The molecule has 0 unspecified atom stereocenters. The van der Waals surface area contributed by atoms with E-state index >= 15 is 0 Å². The molecule has 12 nitrogen and oxygen atoms in total. The van der Waals surface area contributed by atoms with E-state index in [2.05, 4.69) is 10.6 Å². The van der Waals surface area contributed by atoms with Crippen molar-refractivity contribution in [3.63, 3.8) is 0 Å². The first-order valence-electron chi connectivity index (χ1n) is 11.1. The van der Waals surface area contributed by atoms with Gasteiger partial charge in [0, 0.05) is 19.4 Å². The second-order valence-corrected chi connectivity index (χ2v) is 8.28. The van der Waals surface area contributed by atoms with Crippen molar-refractivity contribution < 1.29 is 39.0 Å². The monoisotopic (exact) mass is 470 g/mol. The number of hydrogen-bond donors (Lipinski definition) is 5. The first-order valence-corrected chi connectivity index (χ1v) is 11.1. The van der Waals surface area contributed by atoms with Crippen LogP contribution in [0, 0.1) is 5.92 Å². The number of nitrogens with zero attached hydrogens (tertiary/aromatic N) is 1. The highest BCUT2D eigenvalue weighted by Crippen LogP contribution is 2.22. The fourth-order valence-corrected chi connectivity index (χ4v) is 3.57. The number of amides is 3. The van der Waals surface area contributed by atoms with Crippen molar-refractivity contribution in [3.8, 4) is 0 Å². The van der Waals surface area contributed by atoms with Crippen molar-refractivity contribution in [2.24, 2.45) is 11.7 Å². The quantitative estimate of drug-likeness (QED) is 0.203. The zero-order valence-corrected chi connectivity index (χ0v) is 19.0. The molecule has 5 atom stereocenters. The Morgan fingerprint density at radius 3 is 2.24 bits per heavy atom. The van der Waals surface area contributed by atoms with Gasteiger partial charge in [0.05, 0.1) is 12.1 Å². The minimum Gasteiger partial charge on any atom is -0.481 e. The molecule has 0 aromatic heterocycles. The molecule has 0 saturated carbocycles. The van der Waals surface area contributed by atoms with Crippen molar-refractivity contribution >= 4 is 35.9 Å². The molecule has 0 aromatic carbocycles. The van der Waals surface area contributed by atoms with Gasteiger partial charge in [0.15, 0.2) is 0 Å². The van der Waals surface area contributed by atoms with Gasteiger partial charge in [0.25, 0.3) is 0 Å². The van der Waals surface area contributed by atoms with Gasteiger partial charge in [-0.05, 0) is 31.6 Å². The number of carbonyl (C=O) groups is 6. The summed E-state index contributed by atoms with van der Waals surface area (Å²) in [6, 6.07) is -3.89. The summed E-state index contributed by atoms with van der Waals surface area (Å²) in [6.07, 6.45) is 1.19. The number of carboxylic acids is 2. The van der Waals surface area contributed by atoms with Crippen LogP contribution in [-0.4, -0.2) is 81.8 Å². The van der Waals surface area contributed by atoms with E-state index in [0.717, 1.165) is 0 Å². The van der Waals surface area contributed by atoms with Crippen molar-refractivity contribution in [2.45, 2.75) is 83.0 Å². The highest BCUT2D eigenvalue weighted by molar-refractivity contribution is 5.94. The van der Waals surface area contributed by atoms with E-state index in [1.165, 1.54) is 4.90 Å². The van der Waals surface area contributed by atoms with Gasteiger partial charge in [0.2, 0.25) is 17.7 Å². The molecule has 0 spiro atoms. The number of likely N-dealkylation sites (tertiary alicyclic amines) is 1. The highest BCUT2D eigenvalue weighted by atomic mass is 16.4. The molecule has 12 heteroatoms. The molecule has 1 saturated heterocycles. The van der Waals surface area contributed by atoms with E-state index in [0.29, 0.717) is 25.5 Å². The summed E-state index contributed by atoms with van der Waals surface area (Å²) in [4.78, 5) is 72.5. The Kier molecular flexibility index (Phi) is 11.5. The van der Waals surface area contributed by atoms with Crippen LogP contribution in [0.1, 0.15) is 58.8 Å². The lowest BCUT2D eigenvalue weighted by atomic mass is 9.96. The average Bonchev–Trinajstić information content (AvgIpc) is 3.27. The lowest BCUT2D eigenvalue weighted by Crippen LogP contribution is -2.58. The van der Waals surface area contributed by atoms with Gasteiger partial charge in [-0.1, -0.05) is 20.3 Å². The number of carbonyl (C=O) groups excluding carboxylic acids is 4. The molecule has 33 heavy (non-hydrogen) atoms. The second kappa shape index (κ2) is 13.5. The summed E-state index contributed by atoms with van der Waals surface area (Å²) in [5.74, 6) is -4.14. The fourth-order valence-electron chi connectivity index (χ4n) is 3.57. The average molecular weight is 471 g/mol. The van der Waals surface area contributed by atoms with Crippen molar-refractivity contribution in [1.29, 1.82) is 0 Å². The molecule has 0 aliphatic carbocycles. The maximum absolute atomic E-state index is 13.3. The summed E-state index contributed by atoms with van der Waals surface area (Å²) in [7, 11) is 0. The highest BCUT2D eigenvalue weighted by Gasteiger charge is 2.40. The molecular weight excluding hydrogens is 436 g/mol. The summed E-state index contributed by atoms with van der Waals surface area (Å²) >= 11 is 0. The van der Waals surface area contributed by atoms with Crippen LogP contribution in [0.5, 0.6) is 0 Å². The molecule has 0 bridgehead atoms. The van der Waals surface area contributed by atoms with Gasteiger partial charge < -0.3 is 36.3 Å². The van der Waals surface area contributed by atoms with Crippen molar-refractivity contribution in [2.75, 3.05) is 6.54 Å².